The molecule has 4 nitrogen and oxygen atoms in total. The van der Waals surface area contributed by atoms with E-state index in [1.165, 1.54) is 31.7 Å². The fourth-order valence-corrected chi connectivity index (χ4v) is 3.49. The molecule has 1 amide bonds. The number of carbonyl (C=O) groups excluding carboxylic acids is 1. The fraction of sp³-hybridized carbons (Fsp3) is 0.615. The number of nitrogens with one attached hydrogen (secondary N) is 1. The molecule has 1 saturated carbocycles. The number of nitrogens with zero attached hydrogens (tertiary/aromatic N) is 2. The summed E-state index contributed by atoms with van der Waals surface area (Å²) in [5.41, 5.74) is 0.277. The molecule has 19 heavy (non-hydrogen) atoms. The summed E-state index contributed by atoms with van der Waals surface area (Å²) in [5.74, 6) is -0.200. The van der Waals surface area contributed by atoms with E-state index in [9.17, 15) is 4.79 Å². The third-order valence-electron chi connectivity index (χ3n) is 3.61. The predicted molar refractivity (Wildman–Crippen MR) is 78.7 cm³/mol. The Labute approximate surface area is 122 Å². The molecule has 1 aliphatic carbocycles. The van der Waals surface area contributed by atoms with Crippen molar-refractivity contribution >= 4 is 29.3 Å². The quantitative estimate of drug-likeness (QED) is 0.929. The number of aromatic nitrogens is 2. The normalized spacial score (nSPS) is 18.0. The zero-order chi connectivity index (χ0) is 13.7. The molecule has 1 aromatic heterocycles. The van der Waals surface area contributed by atoms with E-state index in [0.717, 1.165) is 12.8 Å². The molecule has 0 atom stereocenters. The van der Waals surface area contributed by atoms with Crippen LogP contribution in [0.3, 0.4) is 0 Å². The van der Waals surface area contributed by atoms with E-state index in [1.54, 1.807) is 0 Å². The number of carbonyl (C=O) groups is 1. The third-order valence-corrected chi connectivity index (χ3v) is 5.21. The van der Waals surface area contributed by atoms with Crippen LogP contribution in [0.15, 0.2) is 12.4 Å². The molecule has 0 aliphatic heterocycles. The van der Waals surface area contributed by atoms with Gasteiger partial charge in [-0.2, -0.15) is 11.8 Å². The van der Waals surface area contributed by atoms with Crippen molar-refractivity contribution in [2.24, 2.45) is 0 Å². The largest absolute Gasteiger partial charge is 0.349 e. The highest BCUT2D eigenvalue weighted by Crippen LogP contribution is 2.37. The molecule has 104 valence electrons. The first kappa shape index (κ1) is 14.6. The van der Waals surface area contributed by atoms with E-state index in [-0.39, 0.29) is 21.5 Å². The van der Waals surface area contributed by atoms with Crippen LogP contribution < -0.4 is 5.32 Å². The average molecular weight is 300 g/mol. The number of hydrogen-bond acceptors (Lipinski definition) is 4. The van der Waals surface area contributed by atoms with Crippen LogP contribution in [0.4, 0.5) is 0 Å². The van der Waals surface area contributed by atoms with Gasteiger partial charge in [-0.15, -0.1) is 0 Å². The van der Waals surface area contributed by atoms with E-state index >= 15 is 0 Å². The Kier molecular flexibility index (Phi) is 5.05. The van der Waals surface area contributed by atoms with Gasteiger partial charge in [0, 0.05) is 11.3 Å². The van der Waals surface area contributed by atoms with Crippen LogP contribution >= 0.6 is 23.4 Å². The SMILES string of the molecule is CSC1(CNC(=O)c2cncc(Cl)n2)CCCCC1. The molecule has 1 aromatic rings. The number of halogens is 1. The number of thioether (sulfide) groups is 1. The van der Waals surface area contributed by atoms with Gasteiger partial charge >= 0.3 is 0 Å². The van der Waals surface area contributed by atoms with Gasteiger partial charge in [-0.3, -0.25) is 9.78 Å². The van der Waals surface area contributed by atoms with Gasteiger partial charge in [-0.1, -0.05) is 30.9 Å². The summed E-state index contributed by atoms with van der Waals surface area (Å²) < 4.78 is 0.180. The van der Waals surface area contributed by atoms with Crippen molar-refractivity contribution < 1.29 is 4.79 Å². The van der Waals surface area contributed by atoms with Crippen LogP contribution in [-0.2, 0) is 0 Å². The number of rotatable bonds is 4. The van der Waals surface area contributed by atoms with Gasteiger partial charge < -0.3 is 5.32 Å². The lowest BCUT2D eigenvalue weighted by atomic mass is 9.88. The second-order valence-electron chi connectivity index (χ2n) is 4.86. The monoisotopic (exact) mass is 299 g/mol. The molecule has 0 aromatic carbocycles. The third kappa shape index (κ3) is 3.83. The highest BCUT2D eigenvalue weighted by atomic mass is 35.5. The first-order valence-electron chi connectivity index (χ1n) is 6.46. The lowest BCUT2D eigenvalue weighted by Gasteiger charge is -2.35. The van der Waals surface area contributed by atoms with Crippen LogP contribution in [0.5, 0.6) is 0 Å². The summed E-state index contributed by atoms with van der Waals surface area (Å²) in [6.45, 7) is 0.682. The zero-order valence-electron chi connectivity index (χ0n) is 11.0. The molecular formula is C13H18ClN3OS. The molecule has 0 spiro atoms. The summed E-state index contributed by atoms with van der Waals surface area (Å²) in [5, 5.41) is 3.21. The van der Waals surface area contributed by atoms with Crippen molar-refractivity contribution in [3.05, 3.63) is 23.2 Å². The summed E-state index contributed by atoms with van der Waals surface area (Å²) >= 11 is 7.59. The Morgan fingerprint density at radius 3 is 2.79 bits per heavy atom. The summed E-state index contributed by atoms with van der Waals surface area (Å²) in [7, 11) is 0. The van der Waals surface area contributed by atoms with Crippen molar-refractivity contribution in [2.45, 2.75) is 36.9 Å². The highest BCUT2D eigenvalue weighted by molar-refractivity contribution is 8.00. The van der Waals surface area contributed by atoms with Crippen LogP contribution in [0.2, 0.25) is 5.15 Å². The van der Waals surface area contributed by atoms with Crippen molar-refractivity contribution in [3.63, 3.8) is 0 Å². The molecule has 0 radical (unpaired) electrons. The first-order valence-corrected chi connectivity index (χ1v) is 8.06. The van der Waals surface area contributed by atoms with E-state index < -0.39 is 0 Å². The van der Waals surface area contributed by atoms with Gasteiger partial charge in [-0.05, 0) is 19.1 Å². The van der Waals surface area contributed by atoms with Gasteiger partial charge in [0.15, 0.2) is 0 Å². The van der Waals surface area contributed by atoms with Gasteiger partial charge in [-0.25, -0.2) is 4.98 Å². The average Bonchev–Trinajstić information content (AvgIpc) is 2.46. The zero-order valence-corrected chi connectivity index (χ0v) is 12.6. The Morgan fingerprint density at radius 1 is 1.42 bits per heavy atom. The smallest absolute Gasteiger partial charge is 0.271 e. The van der Waals surface area contributed by atoms with Gasteiger partial charge in [0.25, 0.3) is 5.91 Å². The standard InChI is InChI=1S/C13H18ClN3OS/c1-19-13(5-3-2-4-6-13)9-16-12(18)10-7-15-8-11(14)17-10/h7-8H,2-6,9H2,1H3,(H,16,18). The molecular weight excluding hydrogens is 282 g/mol. The molecule has 1 fully saturated rings. The van der Waals surface area contributed by atoms with E-state index in [0.29, 0.717) is 6.54 Å². The Morgan fingerprint density at radius 2 is 2.16 bits per heavy atom. The first-order chi connectivity index (χ1) is 9.15. The van der Waals surface area contributed by atoms with E-state index in [4.69, 9.17) is 11.6 Å². The van der Waals surface area contributed by atoms with Crippen LogP contribution in [0, 0.1) is 0 Å². The minimum absolute atomic E-state index is 0.180. The Hall–Kier alpha value is -0.810. The summed E-state index contributed by atoms with van der Waals surface area (Å²) in [6.07, 6.45) is 11.1. The maximum absolute atomic E-state index is 12.0. The predicted octanol–water partition coefficient (Wildman–Crippen LogP) is 2.93. The van der Waals surface area contributed by atoms with E-state index in [2.05, 4.69) is 21.5 Å². The molecule has 1 aliphatic rings. The van der Waals surface area contributed by atoms with Gasteiger partial charge in [0.1, 0.15) is 10.8 Å². The molecule has 0 unspecified atom stereocenters. The molecule has 0 bridgehead atoms. The fourth-order valence-electron chi connectivity index (χ4n) is 2.43. The molecule has 6 heteroatoms. The molecule has 2 rings (SSSR count). The van der Waals surface area contributed by atoms with Crippen molar-refractivity contribution in [3.8, 4) is 0 Å². The summed E-state index contributed by atoms with van der Waals surface area (Å²) in [6, 6.07) is 0. The maximum atomic E-state index is 12.0. The number of amides is 1. The van der Waals surface area contributed by atoms with Crippen LogP contribution in [0.25, 0.3) is 0 Å². The van der Waals surface area contributed by atoms with Crippen molar-refractivity contribution in [1.29, 1.82) is 0 Å². The highest BCUT2D eigenvalue weighted by Gasteiger charge is 2.31. The van der Waals surface area contributed by atoms with Gasteiger partial charge in [0.05, 0.1) is 12.4 Å². The topological polar surface area (TPSA) is 54.9 Å². The second-order valence-corrected chi connectivity index (χ2v) is 6.52. The molecule has 1 heterocycles. The lowest BCUT2D eigenvalue weighted by molar-refractivity contribution is 0.0941. The minimum Gasteiger partial charge on any atom is -0.349 e. The van der Waals surface area contributed by atoms with Crippen molar-refractivity contribution in [2.75, 3.05) is 12.8 Å². The van der Waals surface area contributed by atoms with Gasteiger partial charge in [0.2, 0.25) is 0 Å². The lowest BCUT2D eigenvalue weighted by Crippen LogP contribution is -2.42. The second kappa shape index (κ2) is 6.57. The number of hydrogen-bond donors (Lipinski definition) is 1. The molecule has 1 N–H and O–H groups in total. The molecule has 0 saturated heterocycles. The maximum Gasteiger partial charge on any atom is 0.271 e. The van der Waals surface area contributed by atoms with Crippen LogP contribution in [0.1, 0.15) is 42.6 Å². The Bertz CT molecular complexity index is 449. The minimum atomic E-state index is -0.200. The summed E-state index contributed by atoms with van der Waals surface area (Å²) in [4.78, 5) is 19.9. The van der Waals surface area contributed by atoms with E-state index in [1.807, 2.05) is 11.8 Å². The van der Waals surface area contributed by atoms with Crippen LogP contribution in [-0.4, -0.2) is 33.4 Å². The Balaban J connectivity index is 1.95. The van der Waals surface area contributed by atoms with Crippen molar-refractivity contribution in [1.82, 2.24) is 15.3 Å².